The third kappa shape index (κ3) is 3.31. The second kappa shape index (κ2) is 7.73. The minimum absolute atomic E-state index is 0.0884. The molecular weight excluding hydrogens is 374 g/mol. The third-order valence-corrected chi connectivity index (χ3v) is 8.16. The Labute approximate surface area is 178 Å². The van der Waals surface area contributed by atoms with Crippen LogP contribution in [-0.2, 0) is 17.9 Å². The largest absolute Gasteiger partial charge is 0.507 e. The summed E-state index contributed by atoms with van der Waals surface area (Å²) in [4.78, 5) is 5.44. The first-order chi connectivity index (χ1) is 14.6. The second-order valence-corrected chi connectivity index (χ2v) is 9.66. The van der Waals surface area contributed by atoms with Crippen molar-refractivity contribution in [1.82, 2.24) is 0 Å². The SMILES string of the molecule is C[C@]12CCC3c4cc(C=NOCc5ccccc5)c(O)cc4CCC3C1CC[C@@H]2O. The van der Waals surface area contributed by atoms with Crippen LogP contribution < -0.4 is 0 Å². The molecule has 2 saturated carbocycles. The summed E-state index contributed by atoms with van der Waals surface area (Å²) < 4.78 is 0. The fourth-order valence-corrected chi connectivity index (χ4v) is 6.48. The first-order valence-electron chi connectivity index (χ1n) is 11.3. The van der Waals surface area contributed by atoms with Crippen LogP contribution in [0.4, 0.5) is 0 Å². The van der Waals surface area contributed by atoms with Gasteiger partial charge in [0.25, 0.3) is 0 Å². The highest BCUT2D eigenvalue weighted by Crippen LogP contribution is 2.61. The van der Waals surface area contributed by atoms with E-state index >= 15 is 0 Å². The molecule has 0 saturated heterocycles. The minimum Gasteiger partial charge on any atom is -0.507 e. The fourth-order valence-electron chi connectivity index (χ4n) is 6.48. The Morgan fingerprint density at radius 3 is 2.80 bits per heavy atom. The van der Waals surface area contributed by atoms with E-state index in [1.807, 2.05) is 36.4 Å². The van der Waals surface area contributed by atoms with E-state index in [9.17, 15) is 10.2 Å². The molecule has 0 spiro atoms. The number of hydrogen-bond donors (Lipinski definition) is 2. The summed E-state index contributed by atoms with van der Waals surface area (Å²) in [6.07, 6.45) is 7.96. The lowest BCUT2D eigenvalue weighted by Gasteiger charge is -2.50. The molecule has 4 nitrogen and oxygen atoms in total. The van der Waals surface area contributed by atoms with Gasteiger partial charge in [-0.2, -0.15) is 0 Å². The van der Waals surface area contributed by atoms with E-state index < -0.39 is 0 Å². The summed E-state index contributed by atoms with van der Waals surface area (Å²) >= 11 is 0. The number of aromatic hydroxyl groups is 1. The molecule has 0 amide bonds. The molecule has 2 aromatic carbocycles. The maximum atomic E-state index is 10.6. The molecule has 2 N–H and O–H groups in total. The van der Waals surface area contributed by atoms with Gasteiger partial charge in [0, 0.05) is 5.56 Å². The van der Waals surface area contributed by atoms with Gasteiger partial charge >= 0.3 is 0 Å². The molecule has 4 heteroatoms. The summed E-state index contributed by atoms with van der Waals surface area (Å²) in [7, 11) is 0. The average molecular weight is 406 g/mol. The van der Waals surface area contributed by atoms with Gasteiger partial charge in [0.1, 0.15) is 12.4 Å². The number of aliphatic hydroxyl groups excluding tert-OH is 1. The average Bonchev–Trinajstić information content (AvgIpc) is 3.06. The molecule has 5 atom stereocenters. The number of fused-ring (bicyclic) bond motifs is 5. The molecule has 0 aliphatic heterocycles. The van der Waals surface area contributed by atoms with Crippen LogP contribution >= 0.6 is 0 Å². The van der Waals surface area contributed by atoms with Crippen molar-refractivity contribution in [3.8, 4) is 5.75 Å². The predicted molar refractivity (Wildman–Crippen MR) is 118 cm³/mol. The first-order valence-corrected chi connectivity index (χ1v) is 11.3. The number of nitrogens with zero attached hydrogens (tertiary/aromatic N) is 1. The van der Waals surface area contributed by atoms with Crippen molar-refractivity contribution in [2.24, 2.45) is 22.4 Å². The van der Waals surface area contributed by atoms with Gasteiger partial charge in [-0.15, -0.1) is 0 Å². The van der Waals surface area contributed by atoms with Crippen LogP contribution in [0.5, 0.6) is 5.75 Å². The molecule has 0 bridgehead atoms. The van der Waals surface area contributed by atoms with Gasteiger partial charge in [-0.3, -0.25) is 0 Å². The fraction of sp³-hybridized carbons (Fsp3) is 0.500. The highest BCUT2D eigenvalue weighted by Gasteiger charge is 2.54. The van der Waals surface area contributed by atoms with Crippen molar-refractivity contribution in [3.63, 3.8) is 0 Å². The van der Waals surface area contributed by atoms with Crippen molar-refractivity contribution in [1.29, 1.82) is 0 Å². The first kappa shape index (κ1) is 19.6. The molecule has 0 heterocycles. The van der Waals surface area contributed by atoms with Crippen LogP contribution in [0, 0.1) is 17.3 Å². The summed E-state index contributed by atoms with van der Waals surface area (Å²) in [5.41, 5.74) is 4.53. The second-order valence-electron chi connectivity index (χ2n) is 9.66. The summed E-state index contributed by atoms with van der Waals surface area (Å²) in [6.45, 7) is 2.72. The van der Waals surface area contributed by atoms with Crippen LogP contribution in [0.2, 0.25) is 0 Å². The van der Waals surface area contributed by atoms with E-state index in [-0.39, 0.29) is 17.3 Å². The number of phenols is 1. The van der Waals surface area contributed by atoms with E-state index in [1.165, 1.54) is 11.1 Å². The smallest absolute Gasteiger partial charge is 0.142 e. The quantitative estimate of drug-likeness (QED) is 0.546. The van der Waals surface area contributed by atoms with E-state index in [0.717, 1.165) is 49.7 Å². The molecule has 2 aromatic rings. The number of hydrogen-bond acceptors (Lipinski definition) is 4. The van der Waals surface area contributed by atoms with E-state index in [0.29, 0.717) is 24.4 Å². The van der Waals surface area contributed by atoms with Crippen LogP contribution in [0.3, 0.4) is 0 Å². The van der Waals surface area contributed by atoms with E-state index in [4.69, 9.17) is 4.84 Å². The standard InChI is InChI=1S/C26H31NO3/c1-26-12-11-20-21(23(26)9-10-25(26)29)8-7-18-14-24(28)19(13-22(18)20)15-27-30-16-17-5-3-2-4-6-17/h2-6,13-15,20-21,23,25,28-29H,7-12,16H2,1H3/t20?,21?,23?,25-,26-/m0/s1. The summed E-state index contributed by atoms with van der Waals surface area (Å²) in [6, 6.07) is 14.0. The zero-order chi connectivity index (χ0) is 20.7. The summed E-state index contributed by atoms with van der Waals surface area (Å²) in [5.74, 6) is 2.04. The predicted octanol–water partition coefficient (Wildman–Crippen LogP) is 5.16. The zero-order valence-electron chi connectivity index (χ0n) is 17.6. The van der Waals surface area contributed by atoms with E-state index in [1.54, 1.807) is 6.21 Å². The van der Waals surface area contributed by atoms with Gasteiger partial charge in [0.05, 0.1) is 12.3 Å². The normalized spacial score (nSPS) is 32.5. The number of oxime groups is 1. The molecule has 0 radical (unpaired) electrons. The van der Waals surface area contributed by atoms with Gasteiger partial charge in [0.2, 0.25) is 0 Å². The maximum absolute atomic E-state index is 10.6. The van der Waals surface area contributed by atoms with Gasteiger partial charge in [0.15, 0.2) is 0 Å². The van der Waals surface area contributed by atoms with Gasteiger partial charge in [-0.25, -0.2) is 0 Å². The molecule has 0 aromatic heterocycles. The third-order valence-electron chi connectivity index (χ3n) is 8.16. The lowest BCUT2D eigenvalue weighted by Crippen LogP contribution is -2.43. The Kier molecular flexibility index (Phi) is 5.06. The number of rotatable bonds is 4. The molecule has 2 fully saturated rings. The van der Waals surface area contributed by atoms with Crippen molar-refractivity contribution >= 4 is 6.21 Å². The van der Waals surface area contributed by atoms with Crippen LogP contribution in [0.1, 0.15) is 67.2 Å². The number of aliphatic hydroxyl groups is 1. The zero-order valence-corrected chi connectivity index (χ0v) is 17.6. The molecule has 158 valence electrons. The number of aryl methyl sites for hydroxylation is 1. The highest BCUT2D eigenvalue weighted by molar-refractivity contribution is 5.83. The molecular formula is C26H31NO3. The number of phenolic OH excluding ortho intramolecular Hbond substituents is 1. The van der Waals surface area contributed by atoms with Crippen LogP contribution in [0.15, 0.2) is 47.6 Å². The Bertz CT molecular complexity index is 941. The monoisotopic (exact) mass is 405 g/mol. The van der Waals surface area contributed by atoms with Crippen LogP contribution in [-0.4, -0.2) is 22.5 Å². The molecule has 5 rings (SSSR count). The summed E-state index contributed by atoms with van der Waals surface area (Å²) in [5, 5.41) is 25.2. The van der Waals surface area contributed by atoms with E-state index in [2.05, 4.69) is 18.1 Å². The molecule has 3 aliphatic rings. The van der Waals surface area contributed by atoms with Crippen molar-refractivity contribution in [2.45, 2.75) is 64.1 Å². The van der Waals surface area contributed by atoms with Crippen molar-refractivity contribution in [3.05, 3.63) is 64.7 Å². The molecule has 3 unspecified atom stereocenters. The molecule has 3 aliphatic carbocycles. The highest BCUT2D eigenvalue weighted by atomic mass is 16.6. The Hall–Kier alpha value is -2.33. The van der Waals surface area contributed by atoms with Crippen LogP contribution in [0.25, 0.3) is 0 Å². The topological polar surface area (TPSA) is 62.0 Å². The Morgan fingerprint density at radius 1 is 1.13 bits per heavy atom. The van der Waals surface area contributed by atoms with Crippen molar-refractivity contribution < 1.29 is 15.1 Å². The lowest BCUT2D eigenvalue weighted by molar-refractivity contribution is -0.0226. The van der Waals surface area contributed by atoms with Crippen molar-refractivity contribution in [2.75, 3.05) is 0 Å². The maximum Gasteiger partial charge on any atom is 0.142 e. The Balaban J connectivity index is 1.35. The van der Waals surface area contributed by atoms with Gasteiger partial charge in [-0.1, -0.05) is 42.4 Å². The van der Waals surface area contributed by atoms with Gasteiger partial charge in [-0.05, 0) is 90.5 Å². The van der Waals surface area contributed by atoms with Gasteiger partial charge < -0.3 is 15.1 Å². The minimum atomic E-state index is -0.144. The number of benzene rings is 2. The molecule has 30 heavy (non-hydrogen) atoms. The lowest BCUT2D eigenvalue weighted by atomic mass is 9.55. The Morgan fingerprint density at radius 2 is 1.97 bits per heavy atom.